The van der Waals surface area contributed by atoms with Gasteiger partial charge in [0.1, 0.15) is 0 Å². The maximum atomic E-state index is 5.53. The van der Waals surface area contributed by atoms with E-state index in [1.54, 1.807) is 0 Å². The predicted molar refractivity (Wildman–Crippen MR) is 108 cm³/mol. The molecule has 1 saturated heterocycles. The van der Waals surface area contributed by atoms with Gasteiger partial charge in [-0.2, -0.15) is 0 Å². The molecule has 0 saturated carbocycles. The lowest BCUT2D eigenvalue weighted by atomic mass is 9.94. The first kappa shape index (κ1) is 16.7. The summed E-state index contributed by atoms with van der Waals surface area (Å²) in [4.78, 5) is 4.95. The van der Waals surface area contributed by atoms with Gasteiger partial charge >= 0.3 is 0 Å². The van der Waals surface area contributed by atoms with Crippen molar-refractivity contribution in [2.75, 3.05) is 13.2 Å². The Morgan fingerprint density at radius 1 is 0.769 bits per heavy atom. The minimum absolute atomic E-state index is 0.828. The average Bonchev–Trinajstić information content (AvgIpc) is 2.75. The van der Waals surface area contributed by atoms with Crippen LogP contribution >= 0.6 is 0 Å². The van der Waals surface area contributed by atoms with Crippen molar-refractivity contribution < 1.29 is 4.74 Å². The highest BCUT2D eigenvalue weighted by Crippen LogP contribution is 2.31. The molecule has 130 valence electrons. The summed E-state index contributed by atoms with van der Waals surface area (Å²) >= 11 is 0. The Morgan fingerprint density at radius 3 is 1.77 bits per heavy atom. The number of aromatic nitrogens is 1. The van der Waals surface area contributed by atoms with Crippen LogP contribution in [0.15, 0.2) is 78.4 Å². The average molecular weight is 341 g/mol. The summed E-state index contributed by atoms with van der Waals surface area (Å²) in [5.74, 6) is 0. The van der Waals surface area contributed by atoms with Crippen molar-refractivity contribution in [3.8, 4) is 22.5 Å². The molecule has 0 N–H and O–H groups in total. The van der Waals surface area contributed by atoms with Crippen molar-refractivity contribution in [1.82, 2.24) is 4.98 Å². The number of hydrogen-bond acceptors (Lipinski definition) is 2. The minimum atomic E-state index is 0.828. The van der Waals surface area contributed by atoms with E-state index < -0.39 is 0 Å². The van der Waals surface area contributed by atoms with Crippen molar-refractivity contribution in [2.45, 2.75) is 19.8 Å². The molecule has 0 radical (unpaired) electrons. The molecule has 4 rings (SSSR count). The molecular weight excluding hydrogens is 318 g/mol. The molecular formula is C24H23NO. The maximum absolute atomic E-state index is 5.53. The Labute approximate surface area is 155 Å². The maximum Gasteiger partial charge on any atom is 0.0715 e. The van der Waals surface area contributed by atoms with Crippen molar-refractivity contribution >= 4 is 5.57 Å². The summed E-state index contributed by atoms with van der Waals surface area (Å²) < 4.78 is 5.53. The largest absolute Gasteiger partial charge is 0.381 e. The second kappa shape index (κ2) is 7.67. The number of rotatable bonds is 3. The van der Waals surface area contributed by atoms with Crippen LogP contribution < -0.4 is 0 Å². The fraction of sp³-hybridized carbons (Fsp3) is 0.208. The molecule has 0 atom stereocenters. The summed E-state index contributed by atoms with van der Waals surface area (Å²) in [6.07, 6.45) is 2.05. The molecule has 2 heterocycles. The molecule has 0 bridgehead atoms. The molecule has 2 nitrogen and oxygen atoms in total. The van der Waals surface area contributed by atoms with E-state index in [9.17, 15) is 0 Å². The molecule has 1 aliphatic heterocycles. The number of nitrogens with zero attached hydrogens (tertiary/aromatic N) is 1. The van der Waals surface area contributed by atoms with E-state index in [0.29, 0.717) is 0 Å². The second-order valence-electron chi connectivity index (χ2n) is 6.70. The lowest BCUT2D eigenvalue weighted by Crippen LogP contribution is -2.08. The van der Waals surface area contributed by atoms with E-state index in [0.717, 1.165) is 48.6 Å². The zero-order valence-electron chi connectivity index (χ0n) is 15.1. The third-order valence-corrected chi connectivity index (χ3v) is 5.02. The first-order chi connectivity index (χ1) is 12.8. The molecule has 0 aliphatic carbocycles. The third kappa shape index (κ3) is 3.61. The highest BCUT2D eigenvalue weighted by atomic mass is 16.5. The van der Waals surface area contributed by atoms with Crippen LogP contribution in [0.25, 0.3) is 28.1 Å². The van der Waals surface area contributed by atoms with E-state index in [-0.39, 0.29) is 0 Å². The van der Waals surface area contributed by atoms with Gasteiger partial charge in [-0.25, -0.2) is 4.98 Å². The number of allylic oxidation sites excluding steroid dienone is 1. The fourth-order valence-corrected chi connectivity index (χ4v) is 3.46. The van der Waals surface area contributed by atoms with E-state index >= 15 is 0 Å². The van der Waals surface area contributed by atoms with Crippen LogP contribution in [0.2, 0.25) is 0 Å². The van der Waals surface area contributed by atoms with E-state index in [2.05, 4.69) is 67.6 Å². The summed E-state index contributed by atoms with van der Waals surface area (Å²) in [6, 6.07) is 25.3. The Bertz CT molecular complexity index is 848. The van der Waals surface area contributed by atoms with Crippen LogP contribution in [0.1, 0.15) is 25.3 Å². The summed E-state index contributed by atoms with van der Waals surface area (Å²) in [5.41, 5.74) is 8.47. The fourth-order valence-electron chi connectivity index (χ4n) is 3.46. The van der Waals surface area contributed by atoms with Crippen molar-refractivity contribution in [3.63, 3.8) is 0 Å². The number of ether oxygens (including phenoxy) is 1. The highest BCUT2D eigenvalue weighted by molar-refractivity contribution is 5.76. The summed E-state index contributed by atoms with van der Waals surface area (Å²) in [6.45, 7) is 3.89. The van der Waals surface area contributed by atoms with E-state index in [1.165, 1.54) is 16.7 Å². The van der Waals surface area contributed by atoms with Gasteiger partial charge in [-0.05, 0) is 43.0 Å². The monoisotopic (exact) mass is 341 g/mol. The van der Waals surface area contributed by atoms with Crippen molar-refractivity contribution in [1.29, 1.82) is 0 Å². The van der Waals surface area contributed by atoms with Crippen LogP contribution in [-0.2, 0) is 4.74 Å². The molecule has 26 heavy (non-hydrogen) atoms. The summed E-state index contributed by atoms with van der Waals surface area (Å²) in [7, 11) is 0. The van der Waals surface area contributed by atoms with Gasteiger partial charge in [0.05, 0.1) is 24.6 Å². The summed E-state index contributed by atoms with van der Waals surface area (Å²) in [5, 5.41) is 0. The normalized spacial score (nSPS) is 14.3. The Balaban J connectivity index is 1.85. The highest BCUT2D eigenvalue weighted by Gasteiger charge is 2.13. The quantitative estimate of drug-likeness (QED) is 0.583. The van der Waals surface area contributed by atoms with Gasteiger partial charge in [0.15, 0.2) is 0 Å². The topological polar surface area (TPSA) is 22.1 Å². The lowest BCUT2D eigenvalue weighted by molar-refractivity contribution is 0.119. The minimum Gasteiger partial charge on any atom is -0.381 e. The molecule has 1 fully saturated rings. The van der Waals surface area contributed by atoms with Gasteiger partial charge in [-0.15, -0.1) is 0 Å². The SMILES string of the molecule is CC(=C1CCOCC1)c1cc(-c2ccccc2)nc(-c2ccccc2)c1. The van der Waals surface area contributed by atoms with Crippen molar-refractivity contribution in [3.05, 3.63) is 83.9 Å². The van der Waals surface area contributed by atoms with Crippen LogP contribution in [0.5, 0.6) is 0 Å². The van der Waals surface area contributed by atoms with Gasteiger partial charge < -0.3 is 4.74 Å². The number of pyridine rings is 1. The Hall–Kier alpha value is -2.71. The number of hydrogen-bond donors (Lipinski definition) is 0. The molecule has 2 aromatic carbocycles. The van der Waals surface area contributed by atoms with E-state index in [4.69, 9.17) is 9.72 Å². The first-order valence-electron chi connectivity index (χ1n) is 9.21. The van der Waals surface area contributed by atoms with E-state index in [1.807, 2.05) is 12.1 Å². The van der Waals surface area contributed by atoms with Crippen LogP contribution in [-0.4, -0.2) is 18.2 Å². The lowest BCUT2D eigenvalue weighted by Gasteiger charge is -2.19. The second-order valence-corrected chi connectivity index (χ2v) is 6.70. The smallest absolute Gasteiger partial charge is 0.0715 e. The molecule has 1 aromatic heterocycles. The Morgan fingerprint density at radius 2 is 1.27 bits per heavy atom. The standard InChI is InChI=1S/C24H23NO/c1-18(19-12-14-26-15-13-19)22-16-23(20-8-4-2-5-9-20)25-24(17-22)21-10-6-3-7-11-21/h2-11,16-17H,12-15H2,1H3. The van der Waals surface area contributed by atoms with Gasteiger partial charge in [0.2, 0.25) is 0 Å². The van der Waals surface area contributed by atoms with Crippen molar-refractivity contribution in [2.24, 2.45) is 0 Å². The third-order valence-electron chi connectivity index (χ3n) is 5.02. The zero-order valence-corrected chi connectivity index (χ0v) is 15.1. The zero-order chi connectivity index (χ0) is 17.8. The molecule has 3 aromatic rings. The first-order valence-corrected chi connectivity index (χ1v) is 9.21. The molecule has 0 spiro atoms. The predicted octanol–water partition coefficient (Wildman–Crippen LogP) is 6.00. The van der Waals surface area contributed by atoms with Crippen LogP contribution in [0, 0.1) is 0 Å². The van der Waals surface area contributed by atoms with Crippen LogP contribution in [0.4, 0.5) is 0 Å². The van der Waals surface area contributed by atoms with Crippen LogP contribution in [0.3, 0.4) is 0 Å². The Kier molecular flexibility index (Phi) is 4.94. The number of benzene rings is 2. The molecule has 0 amide bonds. The molecule has 0 unspecified atom stereocenters. The van der Waals surface area contributed by atoms with Gasteiger partial charge in [-0.3, -0.25) is 0 Å². The molecule has 2 heteroatoms. The van der Waals surface area contributed by atoms with Gasteiger partial charge in [-0.1, -0.05) is 66.2 Å². The van der Waals surface area contributed by atoms with Gasteiger partial charge in [0, 0.05) is 11.1 Å². The van der Waals surface area contributed by atoms with Gasteiger partial charge in [0.25, 0.3) is 0 Å². The molecule has 1 aliphatic rings.